The summed E-state index contributed by atoms with van der Waals surface area (Å²) in [5.41, 5.74) is 0.482. The number of carbonyl (C=O) groups is 1. The molecule has 1 aromatic carbocycles. The molecule has 1 fully saturated rings. The van der Waals surface area contributed by atoms with Gasteiger partial charge >= 0.3 is 0 Å². The van der Waals surface area contributed by atoms with Gasteiger partial charge in [0.15, 0.2) is 0 Å². The van der Waals surface area contributed by atoms with Gasteiger partial charge in [-0.05, 0) is 44.0 Å². The second-order valence-corrected chi connectivity index (χ2v) is 6.37. The molecule has 0 bridgehead atoms. The second-order valence-electron chi connectivity index (χ2n) is 6.37. The fourth-order valence-electron chi connectivity index (χ4n) is 3.24. The molecule has 1 atom stereocenters. The maximum absolute atomic E-state index is 11.7. The van der Waals surface area contributed by atoms with Gasteiger partial charge in [-0.25, -0.2) is 0 Å². The first-order chi connectivity index (χ1) is 12.3. The fourth-order valence-corrected chi connectivity index (χ4v) is 3.24. The molecule has 6 nitrogen and oxygen atoms in total. The number of nitrogens with zero attached hydrogens (tertiary/aromatic N) is 3. The number of carbonyl (C=O) groups excluding carboxylic acids is 1. The summed E-state index contributed by atoms with van der Waals surface area (Å²) in [6.07, 6.45) is 5.17. The lowest BCUT2D eigenvalue weighted by molar-refractivity contribution is 0.0955. The Morgan fingerprint density at radius 2 is 2.16 bits per heavy atom. The van der Waals surface area contributed by atoms with Crippen molar-refractivity contribution in [2.45, 2.75) is 25.3 Å². The molecule has 6 heteroatoms. The van der Waals surface area contributed by atoms with Gasteiger partial charge in [-0.2, -0.15) is 5.10 Å². The Labute approximate surface area is 148 Å². The van der Waals surface area contributed by atoms with E-state index in [1.54, 1.807) is 13.1 Å². The Kier molecular flexibility index (Phi) is 6.06. The molecule has 2 aromatic rings. The van der Waals surface area contributed by atoms with Gasteiger partial charge < -0.3 is 15.0 Å². The lowest BCUT2D eigenvalue weighted by Gasteiger charge is -2.32. The van der Waals surface area contributed by atoms with Gasteiger partial charge in [-0.1, -0.05) is 18.2 Å². The van der Waals surface area contributed by atoms with Gasteiger partial charge in [0.2, 0.25) is 0 Å². The lowest BCUT2D eigenvalue weighted by atomic mass is 10.1. The van der Waals surface area contributed by atoms with Crippen molar-refractivity contribution in [3.05, 3.63) is 48.3 Å². The maximum atomic E-state index is 11.7. The number of aromatic nitrogens is 2. The Morgan fingerprint density at radius 3 is 2.96 bits per heavy atom. The van der Waals surface area contributed by atoms with E-state index >= 15 is 0 Å². The topological polar surface area (TPSA) is 59.4 Å². The highest BCUT2D eigenvalue weighted by Gasteiger charge is 2.22. The molecule has 1 saturated heterocycles. The van der Waals surface area contributed by atoms with Crippen LogP contribution in [0.5, 0.6) is 5.75 Å². The number of likely N-dealkylation sites (tertiary alicyclic amines) is 1. The quantitative estimate of drug-likeness (QED) is 0.785. The summed E-state index contributed by atoms with van der Waals surface area (Å²) in [5.74, 6) is 0.793. The minimum atomic E-state index is -0.135. The number of hydrogen-bond donors (Lipinski definition) is 1. The summed E-state index contributed by atoms with van der Waals surface area (Å²) in [6.45, 7) is 3.84. The molecule has 0 radical (unpaired) electrons. The van der Waals surface area contributed by atoms with E-state index in [9.17, 15) is 4.79 Å². The summed E-state index contributed by atoms with van der Waals surface area (Å²) >= 11 is 0. The number of nitrogens with one attached hydrogen (secondary N) is 1. The molecule has 2 heterocycles. The number of amides is 1. The number of para-hydroxylation sites is 1. The maximum Gasteiger partial charge on any atom is 0.271 e. The summed E-state index contributed by atoms with van der Waals surface area (Å²) in [7, 11) is 1.63. The Hall–Kier alpha value is -2.34. The van der Waals surface area contributed by atoms with Crippen molar-refractivity contribution in [2.24, 2.45) is 0 Å². The molecule has 134 valence electrons. The van der Waals surface area contributed by atoms with Crippen molar-refractivity contribution in [3.8, 4) is 5.75 Å². The predicted octanol–water partition coefficient (Wildman–Crippen LogP) is 2.35. The van der Waals surface area contributed by atoms with Crippen LogP contribution in [0.15, 0.2) is 42.6 Å². The number of piperidine rings is 1. The smallest absolute Gasteiger partial charge is 0.271 e. The number of ether oxygens (including phenoxy) is 1. The van der Waals surface area contributed by atoms with Crippen LogP contribution in [0.1, 0.15) is 35.8 Å². The second kappa shape index (κ2) is 8.67. The molecule has 0 aliphatic carbocycles. The van der Waals surface area contributed by atoms with E-state index in [4.69, 9.17) is 4.74 Å². The van der Waals surface area contributed by atoms with Gasteiger partial charge in [0, 0.05) is 26.3 Å². The lowest BCUT2D eigenvalue weighted by Crippen LogP contribution is -2.37. The summed E-state index contributed by atoms with van der Waals surface area (Å²) in [6, 6.07) is 12.1. The highest BCUT2D eigenvalue weighted by atomic mass is 16.5. The molecule has 1 amide bonds. The van der Waals surface area contributed by atoms with E-state index < -0.39 is 0 Å². The predicted molar refractivity (Wildman–Crippen MR) is 96.9 cm³/mol. The molecule has 25 heavy (non-hydrogen) atoms. The van der Waals surface area contributed by atoms with E-state index in [2.05, 4.69) is 15.3 Å². The first-order valence-electron chi connectivity index (χ1n) is 8.93. The van der Waals surface area contributed by atoms with Gasteiger partial charge in [0.1, 0.15) is 11.4 Å². The molecule has 1 aliphatic heterocycles. The number of hydrogen-bond acceptors (Lipinski definition) is 4. The average molecular weight is 342 g/mol. The van der Waals surface area contributed by atoms with Crippen molar-refractivity contribution in [3.63, 3.8) is 0 Å². The Balaban J connectivity index is 1.45. The molecule has 1 unspecified atom stereocenters. The van der Waals surface area contributed by atoms with E-state index in [1.807, 2.05) is 41.2 Å². The molecule has 3 rings (SSSR count). The zero-order chi connectivity index (χ0) is 17.5. The molecular formula is C19H26N4O2. The van der Waals surface area contributed by atoms with E-state index in [-0.39, 0.29) is 5.91 Å². The van der Waals surface area contributed by atoms with Crippen LogP contribution in [0.25, 0.3) is 0 Å². The zero-order valence-corrected chi connectivity index (χ0v) is 14.7. The fraction of sp³-hybridized carbons (Fsp3) is 0.474. The number of rotatable bonds is 7. The van der Waals surface area contributed by atoms with Crippen LogP contribution >= 0.6 is 0 Å². The van der Waals surface area contributed by atoms with Crippen molar-refractivity contribution >= 4 is 5.91 Å². The first-order valence-corrected chi connectivity index (χ1v) is 8.93. The minimum Gasteiger partial charge on any atom is -0.494 e. The third-order valence-corrected chi connectivity index (χ3v) is 4.55. The highest BCUT2D eigenvalue weighted by molar-refractivity contribution is 5.91. The van der Waals surface area contributed by atoms with Crippen LogP contribution in [-0.2, 0) is 0 Å². The van der Waals surface area contributed by atoms with E-state index in [0.717, 1.165) is 51.3 Å². The van der Waals surface area contributed by atoms with Crippen LogP contribution in [0.2, 0.25) is 0 Å². The molecule has 1 aromatic heterocycles. The summed E-state index contributed by atoms with van der Waals surface area (Å²) in [4.78, 5) is 14.1. The van der Waals surface area contributed by atoms with Gasteiger partial charge in [-0.15, -0.1) is 0 Å². The summed E-state index contributed by atoms with van der Waals surface area (Å²) in [5, 5.41) is 7.04. The monoisotopic (exact) mass is 342 g/mol. The summed E-state index contributed by atoms with van der Waals surface area (Å²) < 4.78 is 7.70. The largest absolute Gasteiger partial charge is 0.494 e. The Morgan fingerprint density at radius 1 is 1.32 bits per heavy atom. The van der Waals surface area contributed by atoms with Crippen molar-refractivity contribution < 1.29 is 9.53 Å². The van der Waals surface area contributed by atoms with Crippen LogP contribution < -0.4 is 10.1 Å². The average Bonchev–Trinajstić information content (AvgIpc) is 3.16. The van der Waals surface area contributed by atoms with Crippen LogP contribution in [-0.4, -0.2) is 53.9 Å². The van der Waals surface area contributed by atoms with Crippen molar-refractivity contribution in [1.29, 1.82) is 0 Å². The van der Waals surface area contributed by atoms with Gasteiger partial charge in [-0.3, -0.25) is 9.48 Å². The minimum absolute atomic E-state index is 0.135. The van der Waals surface area contributed by atoms with Crippen LogP contribution in [0, 0.1) is 0 Å². The molecule has 0 saturated carbocycles. The van der Waals surface area contributed by atoms with E-state index in [1.165, 1.54) is 0 Å². The van der Waals surface area contributed by atoms with Gasteiger partial charge in [0.25, 0.3) is 5.91 Å². The molecule has 1 N–H and O–H groups in total. The molecule has 0 spiro atoms. The third-order valence-electron chi connectivity index (χ3n) is 4.55. The number of benzene rings is 1. The van der Waals surface area contributed by atoms with Gasteiger partial charge in [0.05, 0.1) is 12.6 Å². The van der Waals surface area contributed by atoms with Crippen LogP contribution in [0.4, 0.5) is 0 Å². The van der Waals surface area contributed by atoms with E-state index in [0.29, 0.717) is 11.7 Å². The molecular weight excluding hydrogens is 316 g/mol. The highest BCUT2D eigenvalue weighted by Crippen LogP contribution is 2.21. The Bertz CT molecular complexity index is 671. The van der Waals surface area contributed by atoms with Crippen molar-refractivity contribution in [2.75, 3.05) is 33.3 Å². The zero-order valence-electron chi connectivity index (χ0n) is 14.7. The first kappa shape index (κ1) is 17.5. The normalized spacial score (nSPS) is 18.0. The third kappa shape index (κ3) is 4.82. The van der Waals surface area contributed by atoms with Crippen LogP contribution in [0.3, 0.4) is 0 Å². The SMILES string of the molecule is CNC(=O)c1ccn(C2CCCN(CCCOc3ccccc3)C2)n1. The standard InChI is InChI=1S/C19H26N4O2/c1-20-19(24)18-10-13-23(21-18)16-7-5-11-22(15-16)12-6-14-25-17-8-3-2-4-9-17/h2-4,8-10,13,16H,5-7,11-12,14-15H2,1H3,(H,20,24). The molecule has 1 aliphatic rings. The van der Waals surface area contributed by atoms with Crippen molar-refractivity contribution in [1.82, 2.24) is 20.0 Å².